The second kappa shape index (κ2) is 12.9. The van der Waals surface area contributed by atoms with Gasteiger partial charge in [0.1, 0.15) is 36.4 Å². The summed E-state index contributed by atoms with van der Waals surface area (Å²) in [5.41, 5.74) is 6.97. The molecule has 0 bridgehead atoms. The van der Waals surface area contributed by atoms with E-state index in [-0.39, 0.29) is 5.57 Å². The fourth-order valence-corrected chi connectivity index (χ4v) is 4.58. The number of ether oxygens (including phenoxy) is 2. The molecule has 5 nitrogen and oxygen atoms in total. The lowest BCUT2D eigenvalue weighted by Gasteiger charge is -2.14. The monoisotopic (exact) mass is 552 g/mol. The molecule has 208 valence electrons. The van der Waals surface area contributed by atoms with Crippen LogP contribution in [0.25, 0.3) is 16.8 Å². The molecule has 0 heterocycles. The summed E-state index contributed by atoms with van der Waals surface area (Å²) < 4.78 is 12.1. The molecule has 0 atom stereocenters. The van der Waals surface area contributed by atoms with Crippen molar-refractivity contribution in [3.8, 4) is 17.6 Å². The van der Waals surface area contributed by atoms with Gasteiger partial charge in [0.15, 0.2) is 0 Å². The van der Waals surface area contributed by atoms with E-state index in [0.717, 1.165) is 21.9 Å². The molecule has 42 heavy (non-hydrogen) atoms. The van der Waals surface area contributed by atoms with E-state index in [0.29, 0.717) is 36.0 Å². The van der Waals surface area contributed by atoms with E-state index in [1.165, 1.54) is 16.7 Å². The van der Waals surface area contributed by atoms with E-state index in [4.69, 9.17) is 9.47 Å². The molecule has 1 N–H and O–H groups in total. The molecule has 0 saturated heterocycles. The fourth-order valence-electron chi connectivity index (χ4n) is 4.58. The molecule has 5 aromatic carbocycles. The number of carbonyl (C=O) groups excluding carboxylic acids is 1. The highest BCUT2D eigenvalue weighted by atomic mass is 16.5. The Morgan fingerprint density at radius 3 is 2.24 bits per heavy atom. The Balaban J connectivity index is 1.33. The third-order valence-electron chi connectivity index (χ3n) is 7.19. The standard InChI is InChI=1S/C37H32N2O3/c1-25-8-11-28(12-9-25)23-41-33-17-15-32(16-18-33)39-37(40)31(22-38)21-35-34-7-5-4-6-30(34)14-19-36(35)42-24-29-13-10-26(2)27(3)20-29/h4-21H,23-24H2,1-3H3,(H,39,40)/b31-21+. The number of hydrogen-bond donors (Lipinski definition) is 1. The molecular formula is C37H32N2O3. The molecule has 0 aromatic heterocycles. The average Bonchev–Trinajstić information content (AvgIpc) is 3.01. The van der Waals surface area contributed by atoms with Crippen molar-refractivity contribution in [3.05, 3.63) is 142 Å². The van der Waals surface area contributed by atoms with Crippen molar-refractivity contribution in [1.29, 1.82) is 5.26 Å². The van der Waals surface area contributed by atoms with Crippen molar-refractivity contribution in [2.75, 3.05) is 5.32 Å². The zero-order valence-electron chi connectivity index (χ0n) is 24.0. The number of nitrogens with one attached hydrogen (secondary N) is 1. The Bertz CT molecular complexity index is 1800. The number of rotatable bonds is 9. The summed E-state index contributed by atoms with van der Waals surface area (Å²) >= 11 is 0. The Kier molecular flexibility index (Phi) is 8.65. The maximum Gasteiger partial charge on any atom is 0.266 e. The van der Waals surface area contributed by atoms with Gasteiger partial charge in [-0.3, -0.25) is 4.79 Å². The second-order valence-electron chi connectivity index (χ2n) is 10.3. The van der Waals surface area contributed by atoms with Crippen LogP contribution in [0, 0.1) is 32.1 Å². The van der Waals surface area contributed by atoms with E-state index < -0.39 is 5.91 Å². The molecule has 0 saturated carbocycles. The van der Waals surface area contributed by atoms with E-state index in [9.17, 15) is 10.1 Å². The predicted molar refractivity (Wildman–Crippen MR) is 168 cm³/mol. The van der Waals surface area contributed by atoms with Gasteiger partial charge in [-0.2, -0.15) is 5.26 Å². The molecule has 0 radical (unpaired) electrons. The number of anilines is 1. The van der Waals surface area contributed by atoms with Gasteiger partial charge in [-0.25, -0.2) is 0 Å². The van der Waals surface area contributed by atoms with Gasteiger partial charge < -0.3 is 14.8 Å². The van der Waals surface area contributed by atoms with Crippen LogP contribution >= 0.6 is 0 Å². The highest BCUT2D eigenvalue weighted by molar-refractivity contribution is 6.11. The Morgan fingerprint density at radius 1 is 0.786 bits per heavy atom. The van der Waals surface area contributed by atoms with Crippen LogP contribution in [0.3, 0.4) is 0 Å². The molecule has 5 heteroatoms. The summed E-state index contributed by atoms with van der Waals surface area (Å²) in [6.45, 7) is 7.02. The first-order valence-electron chi connectivity index (χ1n) is 13.8. The Morgan fingerprint density at radius 2 is 1.50 bits per heavy atom. The summed E-state index contributed by atoms with van der Waals surface area (Å²) in [6, 6.07) is 35.3. The lowest BCUT2D eigenvalue weighted by Crippen LogP contribution is -2.13. The highest BCUT2D eigenvalue weighted by Crippen LogP contribution is 2.31. The van der Waals surface area contributed by atoms with E-state index in [1.807, 2.05) is 61.5 Å². The van der Waals surface area contributed by atoms with Crippen LogP contribution in [0.4, 0.5) is 5.69 Å². The number of amides is 1. The van der Waals surface area contributed by atoms with Crippen molar-refractivity contribution in [1.82, 2.24) is 0 Å². The van der Waals surface area contributed by atoms with Crippen LogP contribution in [0.15, 0.2) is 109 Å². The Labute approximate surface area is 246 Å². The summed E-state index contributed by atoms with van der Waals surface area (Å²) in [6.07, 6.45) is 1.60. The van der Waals surface area contributed by atoms with Crippen molar-refractivity contribution in [2.45, 2.75) is 34.0 Å². The number of nitriles is 1. The first-order chi connectivity index (χ1) is 20.4. The SMILES string of the molecule is Cc1ccc(COc2ccc(NC(=O)/C(C#N)=C/c3c(OCc4ccc(C)c(C)c4)ccc4ccccc34)cc2)cc1. The molecule has 0 aliphatic heterocycles. The van der Waals surface area contributed by atoms with E-state index in [2.05, 4.69) is 49.5 Å². The fraction of sp³-hybridized carbons (Fsp3) is 0.135. The van der Waals surface area contributed by atoms with Gasteiger partial charge in [0, 0.05) is 11.3 Å². The molecule has 1 amide bonds. The second-order valence-corrected chi connectivity index (χ2v) is 10.3. The van der Waals surface area contributed by atoms with Gasteiger partial charge in [0.2, 0.25) is 0 Å². The summed E-state index contributed by atoms with van der Waals surface area (Å²) in [7, 11) is 0. The minimum absolute atomic E-state index is 0.0259. The van der Waals surface area contributed by atoms with Crippen molar-refractivity contribution in [3.63, 3.8) is 0 Å². The number of nitrogens with zero attached hydrogens (tertiary/aromatic N) is 1. The first-order valence-corrected chi connectivity index (χ1v) is 13.8. The number of fused-ring (bicyclic) bond motifs is 1. The zero-order chi connectivity index (χ0) is 29.5. The molecule has 5 aromatic rings. The highest BCUT2D eigenvalue weighted by Gasteiger charge is 2.14. The molecular weight excluding hydrogens is 520 g/mol. The van der Waals surface area contributed by atoms with Gasteiger partial charge in [0.25, 0.3) is 5.91 Å². The number of hydrogen-bond acceptors (Lipinski definition) is 4. The molecule has 0 aliphatic carbocycles. The normalized spacial score (nSPS) is 11.1. The molecule has 5 rings (SSSR count). The minimum atomic E-state index is -0.501. The Hall–Kier alpha value is -5.34. The van der Waals surface area contributed by atoms with E-state index >= 15 is 0 Å². The van der Waals surface area contributed by atoms with Gasteiger partial charge >= 0.3 is 0 Å². The van der Waals surface area contributed by atoms with Crippen LogP contribution < -0.4 is 14.8 Å². The van der Waals surface area contributed by atoms with E-state index in [1.54, 1.807) is 30.3 Å². The average molecular weight is 553 g/mol. The van der Waals surface area contributed by atoms with Crippen molar-refractivity contribution >= 4 is 28.4 Å². The van der Waals surface area contributed by atoms with Crippen molar-refractivity contribution in [2.24, 2.45) is 0 Å². The molecule has 0 aliphatic rings. The third kappa shape index (κ3) is 6.86. The van der Waals surface area contributed by atoms with Gasteiger partial charge in [0.05, 0.1) is 0 Å². The molecule has 0 fully saturated rings. The smallest absolute Gasteiger partial charge is 0.266 e. The topological polar surface area (TPSA) is 71.3 Å². The maximum atomic E-state index is 13.2. The first kappa shape index (κ1) is 28.2. The molecule has 0 spiro atoms. The van der Waals surface area contributed by atoms with Crippen LogP contribution in [-0.4, -0.2) is 5.91 Å². The minimum Gasteiger partial charge on any atom is -0.489 e. The zero-order valence-corrected chi connectivity index (χ0v) is 24.0. The van der Waals surface area contributed by atoms with Crippen LogP contribution in [-0.2, 0) is 18.0 Å². The van der Waals surface area contributed by atoms with Gasteiger partial charge in [-0.05, 0) is 90.2 Å². The van der Waals surface area contributed by atoms with Crippen LogP contribution in [0.1, 0.15) is 33.4 Å². The van der Waals surface area contributed by atoms with Crippen molar-refractivity contribution < 1.29 is 14.3 Å². The lowest BCUT2D eigenvalue weighted by molar-refractivity contribution is -0.112. The quantitative estimate of drug-likeness (QED) is 0.147. The summed E-state index contributed by atoms with van der Waals surface area (Å²) in [5, 5.41) is 14.7. The van der Waals surface area contributed by atoms with Gasteiger partial charge in [-0.1, -0.05) is 78.4 Å². The van der Waals surface area contributed by atoms with Gasteiger partial charge in [-0.15, -0.1) is 0 Å². The number of carbonyl (C=O) groups is 1. The maximum absolute atomic E-state index is 13.2. The largest absolute Gasteiger partial charge is 0.489 e. The predicted octanol–water partition coefficient (Wildman–Crippen LogP) is 8.47. The van der Waals surface area contributed by atoms with Crippen LogP contribution in [0.5, 0.6) is 11.5 Å². The third-order valence-corrected chi connectivity index (χ3v) is 7.19. The lowest BCUT2D eigenvalue weighted by atomic mass is 10.0. The summed E-state index contributed by atoms with van der Waals surface area (Å²) in [4.78, 5) is 13.2. The summed E-state index contributed by atoms with van der Waals surface area (Å²) in [5.74, 6) is 0.785. The van der Waals surface area contributed by atoms with Crippen LogP contribution in [0.2, 0.25) is 0 Å². The molecule has 0 unspecified atom stereocenters. The number of aryl methyl sites for hydroxylation is 3. The number of benzene rings is 5.